The smallest absolute Gasteiger partial charge is 0.252 e. The molecule has 0 aromatic carbocycles. The standard InChI is InChI=1S/C16H25N3O5S3/c1-2-26(21,22)18-11-9-17(10-12-18)16(20)14-5-7-19(8-6-14)27(23,24)15-4-3-13-25-15/h3-4,13-14H,2,5-12H2,1H3. The Bertz CT molecular complexity index is 851. The van der Waals surface area contributed by atoms with Gasteiger partial charge >= 0.3 is 0 Å². The van der Waals surface area contributed by atoms with E-state index in [9.17, 15) is 21.6 Å². The van der Waals surface area contributed by atoms with Gasteiger partial charge in [-0.2, -0.15) is 8.61 Å². The Balaban J connectivity index is 1.54. The zero-order chi connectivity index (χ0) is 19.7. The minimum absolute atomic E-state index is 0.0108. The molecule has 0 aliphatic carbocycles. The predicted molar refractivity (Wildman–Crippen MR) is 103 cm³/mol. The summed E-state index contributed by atoms with van der Waals surface area (Å²) in [5.41, 5.74) is 0. The fourth-order valence-electron chi connectivity index (χ4n) is 3.51. The molecule has 2 aliphatic rings. The second kappa shape index (κ2) is 8.16. The van der Waals surface area contributed by atoms with Crippen molar-refractivity contribution in [1.29, 1.82) is 0 Å². The van der Waals surface area contributed by atoms with Gasteiger partial charge in [0.05, 0.1) is 5.75 Å². The van der Waals surface area contributed by atoms with Crippen LogP contribution in [0.2, 0.25) is 0 Å². The highest BCUT2D eigenvalue weighted by atomic mass is 32.2. The van der Waals surface area contributed by atoms with Gasteiger partial charge in [-0.3, -0.25) is 4.79 Å². The SMILES string of the molecule is CCS(=O)(=O)N1CCN(C(=O)C2CCN(S(=O)(=O)c3cccs3)CC2)CC1. The summed E-state index contributed by atoms with van der Waals surface area (Å²) in [4.78, 5) is 14.5. The number of piperazine rings is 1. The molecule has 3 rings (SSSR count). The fourth-order valence-corrected chi connectivity index (χ4v) is 7.21. The number of carbonyl (C=O) groups is 1. The van der Waals surface area contributed by atoms with Gasteiger partial charge in [-0.05, 0) is 31.2 Å². The number of piperidine rings is 1. The molecule has 1 aromatic rings. The third-order valence-corrected chi connectivity index (χ3v) is 10.4. The molecule has 0 atom stereocenters. The quantitative estimate of drug-likeness (QED) is 0.677. The highest BCUT2D eigenvalue weighted by Gasteiger charge is 2.35. The van der Waals surface area contributed by atoms with E-state index in [0.29, 0.717) is 56.3 Å². The molecule has 11 heteroatoms. The Hall–Kier alpha value is -1.01. The summed E-state index contributed by atoms with van der Waals surface area (Å²) in [5, 5.41) is 1.74. The second-order valence-corrected chi connectivity index (χ2v) is 12.1. The topological polar surface area (TPSA) is 95.1 Å². The van der Waals surface area contributed by atoms with Gasteiger partial charge in [0, 0.05) is 45.2 Å². The summed E-state index contributed by atoms with van der Waals surface area (Å²) < 4.78 is 52.2. The minimum Gasteiger partial charge on any atom is -0.340 e. The third kappa shape index (κ3) is 4.37. The summed E-state index contributed by atoms with van der Waals surface area (Å²) in [5.74, 6) is -0.121. The lowest BCUT2D eigenvalue weighted by Crippen LogP contribution is -2.53. The molecule has 1 aromatic heterocycles. The molecular weight excluding hydrogens is 410 g/mol. The number of amides is 1. The van der Waals surface area contributed by atoms with Crippen LogP contribution in [0.1, 0.15) is 19.8 Å². The molecule has 3 heterocycles. The average Bonchev–Trinajstić information content (AvgIpc) is 3.23. The first kappa shape index (κ1) is 20.7. The Labute approximate surface area is 164 Å². The third-order valence-electron chi connectivity index (χ3n) is 5.20. The van der Waals surface area contributed by atoms with E-state index >= 15 is 0 Å². The van der Waals surface area contributed by atoms with Crippen molar-refractivity contribution >= 4 is 37.3 Å². The normalized spacial score (nSPS) is 21.4. The van der Waals surface area contributed by atoms with E-state index in [0.717, 1.165) is 0 Å². The molecule has 2 fully saturated rings. The van der Waals surface area contributed by atoms with Crippen molar-refractivity contribution in [3.8, 4) is 0 Å². The first-order valence-electron chi connectivity index (χ1n) is 9.06. The Morgan fingerprint density at radius 3 is 2.19 bits per heavy atom. The van der Waals surface area contributed by atoms with Crippen LogP contribution in [0.4, 0.5) is 0 Å². The van der Waals surface area contributed by atoms with E-state index in [2.05, 4.69) is 0 Å². The van der Waals surface area contributed by atoms with Crippen LogP contribution in [0.25, 0.3) is 0 Å². The monoisotopic (exact) mass is 435 g/mol. The van der Waals surface area contributed by atoms with Crippen molar-refractivity contribution in [3.63, 3.8) is 0 Å². The molecule has 0 unspecified atom stereocenters. The molecule has 27 heavy (non-hydrogen) atoms. The van der Waals surface area contributed by atoms with Crippen molar-refractivity contribution in [2.24, 2.45) is 5.92 Å². The number of carbonyl (C=O) groups excluding carboxylic acids is 1. The molecule has 1 amide bonds. The summed E-state index contributed by atoms with van der Waals surface area (Å²) in [6.45, 7) is 3.73. The van der Waals surface area contributed by atoms with Crippen molar-refractivity contribution in [2.75, 3.05) is 45.0 Å². The van der Waals surface area contributed by atoms with Gasteiger partial charge in [0.2, 0.25) is 15.9 Å². The van der Waals surface area contributed by atoms with Crippen LogP contribution in [0.15, 0.2) is 21.7 Å². The number of thiophene rings is 1. The van der Waals surface area contributed by atoms with Gasteiger partial charge in [-0.25, -0.2) is 16.8 Å². The van der Waals surface area contributed by atoms with Crippen LogP contribution in [0.3, 0.4) is 0 Å². The van der Waals surface area contributed by atoms with E-state index in [-0.39, 0.29) is 17.6 Å². The lowest BCUT2D eigenvalue weighted by atomic mass is 9.96. The molecule has 0 bridgehead atoms. The zero-order valence-electron chi connectivity index (χ0n) is 15.3. The van der Waals surface area contributed by atoms with Crippen LogP contribution in [-0.4, -0.2) is 81.3 Å². The van der Waals surface area contributed by atoms with Gasteiger partial charge < -0.3 is 4.90 Å². The Kier molecular flexibility index (Phi) is 6.26. The highest BCUT2D eigenvalue weighted by Crippen LogP contribution is 2.27. The Morgan fingerprint density at radius 2 is 1.67 bits per heavy atom. The molecule has 2 aliphatic heterocycles. The van der Waals surface area contributed by atoms with E-state index < -0.39 is 20.0 Å². The minimum atomic E-state index is -3.47. The van der Waals surface area contributed by atoms with E-state index in [4.69, 9.17) is 0 Å². The Morgan fingerprint density at radius 1 is 1.04 bits per heavy atom. The maximum Gasteiger partial charge on any atom is 0.252 e. The highest BCUT2D eigenvalue weighted by molar-refractivity contribution is 7.91. The van der Waals surface area contributed by atoms with Crippen LogP contribution in [0.5, 0.6) is 0 Å². The predicted octanol–water partition coefficient (Wildman–Crippen LogP) is 0.643. The van der Waals surface area contributed by atoms with Gasteiger partial charge in [0.1, 0.15) is 4.21 Å². The van der Waals surface area contributed by atoms with Crippen LogP contribution >= 0.6 is 11.3 Å². The van der Waals surface area contributed by atoms with Crippen molar-refractivity contribution < 1.29 is 21.6 Å². The maximum absolute atomic E-state index is 12.8. The summed E-state index contributed by atoms with van der Waals surface area (Å²) in [7, 11) is -6.68. The number of hydrogen-bond acceptors (Lipinski definition) is 6. The van der Waals surface area contributed by atoms with E-state index in [1.54, 1.807) is 29.3 Å². The molecule has 2 saturated heterocycles. The molecular formula is C16H25N3O5S3. The second-order valence-electron chi connectivity index (χ2n) is 6.74. The summed E-state index contributed by atoms with van der Waals surface area (Å²) >= 11 is 1.20. The van der Waals surface area contributed by atoms with Crippen LogP contribution in [0, 0.1) is 5.92 Å². The lowest BCUT2D eigenvalue weighted by molar-refractivity contribution is -0.137. The number of rotatable bonds is 5. The van der Waals surface area contributed by atoms with Gasteiger partial charge in [0.15, 0.2) is 0 Å². The molecule has 0 saturated carbocycles. The van der Waals surface area contributed by atoms with Gasteiger partial charge in [-0.15, -0.1) is 11.3 Å². The molecule has 0 radical (unpaired) electrons. The van der Waals surface area contributed by atoms with Crippen LogP contribution in [-0.2, 0) is 24.8 Å². The van der Waals surface area contributed by atoms with Gasteiger partial charge in [0.25, 0.3) is 10.0 Å². The zero-order valence-corrected chi connectivity index (χ0v) is 17.7. The average molecular weight is 436 g/mol. The molecule has 0 spiro atoms. The van der Waals surface area contributed by atoms with Crippen molar-refractivity contribution in [1.82, 2.24) is 13.5 Å². The maximum atomic E-state index is 12.8. The molecule has 8 nitrogen and oxygen atoms in total. The van der Waals surface area contributed by atoms with Crippen molar-refractivity contribution in [2.45, 2.75) is 24.0 Å². The lowest BCUT2D eigenvalue weighted by Gasteiger charge is -2.37. The van der Waals surface area contributed by atoms with E-state index in [1.165, 1.54) is 19.9 Å². The molecule has 0 N–H and O–H groups in total. The van der Waals surface area contributed by atoms with E-state index in [1.807, 2.05) is 0 Å². The van der Waals surface area contributed by atoms with Crippen LogP contribution < -0.4 is 0 Å². The molecule has 152 valence electrons. The van der Waals surface area contributed by atoms with Crippen molar-refractivity contribution in [3.05, 3.63) is 17.5 Å². The number of sulfonamides is 2. The van der Waals surface area contributed by atoms with Gasteiger partial charge in [-0.1, -0.05) is 6.07 Å². The first-order valence-corrected chi connectivity index (χ1v) is 13.0. The fraction of sp³-hybridized carbons (Fsp3) is 0.688. The number of nitrogens with zero attached hydrogens (tertiary/aromatic N) is 3. The largest absolute Gasteiger partial charge is 0.340 e. The number of hydrogen-bond donors (Lipinski definition) is 0. The summed E-state index contributed by atoms with van der Waals surface area (Å²) in [6.07, 6.45) is 0.994. The first-order chi connectivity index (χ1) is 12.8. The summed E-state index contributed by atoms with van der Waals surface area (Å²) in [6, 6.07) is 3.31.